The molecule has 23 heavy (non-hydrogen) atoms. The molecule has 2 fully saturated rings. The highest BCUT2D eigenvalue weighted by Gasteiger charge is 2.39. The van der Waals surface area contributed by atoms with Gasteiger partial charge in [0, 0.05) is 35.8 Å². The second kappa shape index (κ2) is 5.31. The first-order chi connectivity index (χ1) is 11.1. The number of hydrogen-bond acceptors (Lipinski definition) is 4. The fourth-order valence-corrected chi connectivity index (χ4v) is 3.72. The number of fused-ring (bicyclic) bond motifs is 3. The Bertz CT molecular complexity index is 805. The second-order valence-electron chi connectivity index (χ2n) is 6.37. The van der Waals surface area contributed by atoms with Gasteiger partial charge in [-0.1, -0.05) is 6.07 Å². The minimum Gasteiger partial charge on any atom is -0.348 e. The molecule has 0 unspecified atom stereocenters. The standard InChI is InChI=1S/C17H17N3O3/c21-17(19-16-9-13-4-6-15(16)18-13)11-2-1-10-3-5-14(20(22)23)8-12(10)7-11/h1-3,5,7-8,13,15-16,18H,4,6,9H2,(H,19,21)/t13-,15+,16-/m1/s1. The summed E-state index contributed by atoms with van der Waals surface area (Å²) in [6.07, 6.45) is 3.28. The monoisotopic (exact) mass is 311 g/mol. The van der Waals surface area contributed by atoms with Gasteiger partial charge in [-0.15, -0.1) is 0 Å². The number of non-ortho nitro benzene ring substituents is 1. The van der Waals surface area contributed by atoms with Crippen molar-refractivity contribution < 1.29 is 9.72 Å². The Hall–Kier alpha value is -2.47. The minimum absolute atomic E-state index is 0.0346. The van der Waals surface area contributed by atoms with Gasteiger partial charge >= 0.3 is 0 Å². The minimum atomic E-state index is -0.423. The molecule has 0 saturated carbocycles. The molecule has 0 spiro atoms. The highest BCUT2D eigenvalue weighted by molar-refractivity contribution is 5.99. The summed E-state index contributed by atoms with van der Waals surface area (Å²) in [6.45, 7) is 0. The van der Waals surface area contributed by atoms with Gasteiger partial charge in [0.1, 0.15) is 0 Å². The molecule has 118 valence electrons. The van der Waals surface area contributed by atoms with Gasteiger partial charge in [-0.05, 0) is 48.2 Å². The Labute approximate surface area is 133 Å². The largest absolute Gasteiger partial charge is 0.348 e. The van der Waals surface area contributed by atoms with E-state index in [1.807, 2.05) is 6.07 Å². The van der Waals surface area contributed by atoms with E-state index in [4.69, 9.17) is 0 Å². The van der Waals surface area contributed by atoms with Gasteiger partial charge in [-0.3, -0.25) is 14.9 Å². The van der Waals surface area contributed by atoms with Crippen LogP contribution < -0.4 is 10.6 Å². The lowest BCUT2D eigenvalue weighted by Crippen LogP contribution is -2.42. The van der Waals surface area contributed by atoms with Crippen molar-refractivity contribution in [2.45, 2.75) is 37.4 Å². The summed E-state index contributed by atoms with van der Waals surface area (Å²) in [5.74, 6) is -0.113. The van der Waals surface area contributed by atoms with Gasteiger partial charge < -0.3 is 10.6 Å². The van der Waals surface area contributed by atoms with Crippen LogP contribution in [0.2, 0.25) is 0 Å². The van der Waals surface area contributed by atoms with Crippen LogP contribution >= 0.6 is 0 Å². The van der Waals surface area contributed by atoms with Crippen LogP contribution in [0.25, 0.3) is 10.8 Å². The Morgan fingerprint density at radius 3 is 2.70 bits per heavy atom. The first-order valence-electron chi connectivity index (χ1n) is 7.85. The van der Waals surface area contributed by atoms with Crippen molar-refractivity contribution in [1.29, 1.82) is 0 Å². The van der Waals surface area contributed by atoms with E-state index in [1.165, 1.54) is 18.6 Å². The van der Waals surface area contributed by atoms with Crippen LogP contribution in [-0.2, 0) is 0 Å². The van der Waals surface area contributed by atoms with E-state index in [9.17, 15) is 14.9 Å². The SMILES string of the molecule is O=C(N[C@@H]1C[C@H]2CC[C@@H]1N2)c1ccc2ccc([N+](=O)[O-])cc2c1. The molecule has 0 radical (unpaired) electrons. The predicted molar refractivity (Wildman–Crippen MR) is 86.4 cm³/mol. The van der Waals surface area contributed by atoms with Gasteiger partial charge in [-0.2, -0.15) is 0 Å². The number of nitro groups is 1. The number of amides is 1. The third-order valence-corrected chi connectivity index (χ3v) is 4.91. The fraction of sp³-hybridized carbons (Fsp3) is 0.353. The van der Waals surface area contributed by atoms with Crippen molar-refractivity contribution in [2.24, 2.45) is 0 Å². The summed E-state index contributed by atoms with van der Waals surface area (Å²) in [5, 5.41) is 19.1. The van der Waals surface area contributed by atoms with E-state index in [-0.39, 0.29) is 17.6 Å². The van der Waals surface area contributed by atoms with Crippen molar-refractivity contribution in [2.75, 3.05) is 0 Å². The third-order valence-electron chi connectivity index (χ3n) is 4.91. The summed E-state index contributed by atoms with van der Waals surface area (Å²) in [4.78, 5) is 22.9. The number of carbonyl (C=O) groups is 1. The Balaban J connectivity index is 1.58. The average molecular weight is 311 g/mol. The van der Waals surface area contributed by atoms with E-state index < -0.39 is 4.92 Å². The van der Waals surface area contributed by atoms with Gasteiger partial charge in [-0.25, -0.2) is 0 Å². The molecule has 3 atom stereocenters. The molecule has 1 amide bonds. The molecule has 6 heteroatoms. The second-order valence-corrected chi connectivity index (χ2v) is 6.37. The lowest BCUT2D eigenvalue weighted by atomic mass is 9.95. The molecule has 2 aromatic rings. The van der Waals surface area contributed by atoms with Gasteiger partial charge in [0.2, 0.25) is 0 Å². The zero-order valence-electron chi connectivity index (χ0n) is 12.5. The van der Waals surface area contributed by atoms with Crippen LogP contribution in [0.1, 0.15) is 29.6 Å². The Morgan fingerprint density at radius 1 is 1.17 bits per heavy atom. The summed E-state index contributed by atoms with van der Waals surface area (Å²) in [7, 11) is 0. The first-order valence-corrected chi connectivity index (χ1v) is 7.85. The molecule has 0 aliphatic carbocycles. The molecule has 2 heterocycles. The van der Waals surface area contributed by atoms with E-state index in [2.05, 4.69) is 10.6 Å². The van der Waals surface area contributed by atoms with Crippen molar-refractivity contribution in [3.05, 3.63) is 52.1 Å². The lowest BCUT2D eigenvalue weighted by molar-refractivity contribution is -0.384. The van der Waals surface area contributed by atoms with Crippen LogP contribution in [0, 0.1) is 10.1 Å². The quantitative estimate of drug-likeness (QED) is 0.673. The zero-order chi connectivity index (χ0) is 16.0. The molecule has 2 N–H and O–H groups in total. The maximum Gasteiger partial charge on any atom is 0.270 e. The number of nitro benzene ring substituents is 1. The molecular formula is C17H17N3O3. The number of carbonyl (C=O) groups excluding carboxylic acids is 1. The maximum atomic E-state index is 12.5. The summed E-state index contributed by atoms with van der Waals surface area (Å²) < 4.78 is 0. The van der Waals surface area contributed by atoms with Crippen molar-refractivity contribution >= 4 is 22.4 Å². The Morgan fingerprint density at radius 2 is 2.00 bits per heavy atom. The van der Waals surface area contributed by atoms with Crippen molar-refractivity contribution in [1.82, 2.24) is 10.6 Å². The van der Waals surface area contributed by atoms with E-state index >= 15 is 0 Å². The maximum absolute atomic E-state index is 12.5. The van der Waals surface area contributed by atoms with Crippen molar-refractivity contribution in [3.8, 4) is 0 Å². The number of nitrogens with one attached hydrogen (secondary N) is 2. The van der Waals surface area contributed by atoms with Crippen LogP contribution in [0.4, 0.5) is 5.69 Å². The third kappa shape index (κ3) is 2.55. The molecule has 2 aliphatic rings. The number of benzene rings is 2. The van der Waals surface area contributed by atoms with E-state index in [1.54, 1.807) is 18.2 Å². The average Bonchev–Trinajstić information content (AvgIpc) is 3.16. The van der Waals surface area contributed by atoms with Crippen LogP contribution in [0.3, 0.4) is 0 Å². The molecule has 2 saturated heterocycles. The molecule has 2 aliphatic heterocycles. The topological polar surface area (TPSA) is 84.3 Å². The van der Waals surface area contributed by atoms with Crippen LogP contribution in [-0.4, -0.2) is 29.0 Å². The smallest absolute Gasteiger partial charge is 0.270 e. The molecule has 0 aromatic heterocycles. The highest BCUT2D eigenvalue weighted by Crippen LogP contribution is 2.28. The van der Waals surface area contributed by atoms with Crippen LogP contribution in [0.15, 0.2) is 36.4 Å². The van der Waals surface area contributed by atoms with E-state index in [0.29, 0.717) is 23.0 Å². The Kier molecular flexibility index (Phi) is 3.27. The number of nitrogens with zero attached hydrogens (tertiary/aromatic N) is 1. The highest BCUT2D eigenvalue weighted by atomic mass is 16.6. The normalized spacial score (nSPS) is 25.7. The van der Waals surface area contributed by atoms with Gasteiger partial charge in [0.15, 0.2) is 0 Å². The molecule has 4 rings (SSSR count). The van der Waals surface area contributed by atoms with Crippen molar-refractivity contribution in [3.63, 3.8) is 0 Å². The molecule has 2 bridgehead atoms. The summed E-state index contributed by atoms with van der Waals surface area (Å²) >= 11 is 0. The molecular weight excluding hydrogens is 294 g/mol. The molecule has 2 aromatic carbocycles. The van der Waals surface area contributed by atoms with E-state index in [0.717, 1.165) is 18.2 Å². The van der Waals surface area contributed by atoms with Crippen LogP contribution in [0.5, 0.6) is 0 Å². The number of hydrogen-bond donors (Lipinski definition) is 2. The predicted octanol–water partition coefficient (Wildman–Crippen LogP) is 2.37. The summed E-state index contributed by atoms with van der Waals surface area (Å²) in [6, 6.07) is 11.1. The first kappa shape index (κ1) is 14.1. The molecule has 6 nitrogen and oxygen atoms in total. The number of rotatable bonds is 3. The lowest BCUT2D eigenvalue weighted by Gasteiger charge is -2.21. The fourth-order valence-electron chi connectivity index (χ4n) is 3.72. The summed E-state index contributed by atoms with van der Waals surface area (Å²) in [5.41, 5.74) is 0.577. The van der Waals surface area contributed by atoms with Gasteiger partial charge in [0.05, 0.1) is 4.92 Å². The zero-order valence-corrected chi connectivity index (χ0v) is 12.5. The van der Waals surface area contributed by atoms with Gasteiger partial charge in [0.25, 0.3) is 11.6 Å².